The summed E-state index contributed by atoms with van der Waals surface area (Å²) in [5.41, 5.74) is 2.36. The fourth-order valence-electron chi connectivity index (χ4n) is 2.88. The Morgan fingerprint density at radius 3 is 2.70 bits per heavy atom. The van der Waals surface area contributed by atoms with Crippen LogP contribution in [0.25, 0.3) is 0 Å². The van der Waals surface area contributed by atoms with E-state index in [4.69, 9.17) is 0 Å². The Hall–Kier alpha value is -1.35. The van der Waals surface area contributed by atoms with Crippen LogP contribution < -0.4 is 5.32 Å². The van der Waals surface area contributed by atoms with E-state index in [9.17, 15) is 4.79 Å². The molecule has 0 radical (unpaired) electrons. The van der Waals surface area contributed by atoms with Crippen LogP contribution in [0, 0.1) is 6.92 Å². The molecule has 2 rings (SSSR count). The van der Waals surface area contributed by atoms with Gasteiger partial charge in [0.05, 0.1) is 6.42 Å². The third-order valence-electron chi connectivity index (χ3n) is 4.39. The van der Waals surface area contributed by atoms with E-state index in [1.54, 1.807) is 0 Å². The summed E-state index contributed by atoms with van der Waals surface area (Å²) in [6, 6.07) is 8.96. The van der Waals surface area contributed by atoms with Crippen LogP contribution >= 0.6 is 0 Å². The number of carbonyl (C=O) groups is 1. The molecule has 1 heterocycles. The van der Waals surface area contributed by atoms with Gasteiger partial charge in [0.25, 0.3) is 0 Å². The fourth-order valence-corrected chi connectivity index (χ4v) is 2.88. The SMILES string of the molecule is CCC1CN(C(=O)Cc2ccccc2C)C(CC)CN1. The number of carbonyl (C=O) groups excluding carboxylic acids is 1. The van der Waals surface area contributed by atoms with E-state index in [0.29, 0.717) is 18.5 Å². The minimum absolute atomic E-state index is 0.270. The summed E-state index contributed by atoms with van der Waals surface area (Å²) in [5, 5.41) is 3.54. The molecule has 0 aromatic heterocycles. The van der Waals surface area contributed by atoms with E-state index >= 15 is 0 Å². The summed E-state index contributed by atoms with van der Waals surface area (Å²) in [6.45, 7) is 8.18. The lowest BCUT2D eigenvalue weighted by atomic mass is 10.0. The Kier molecular flexibility index (Phi) is 5.18. The van der Waals surface area contributed by atoms with Gasteiger partial charge in [0.2, 0.25) is 5.91 Å². The molecule has 1 aliphatic rings. The lowest BCUT2D eigenvalue weighted by Crippen LogP contribution is -2.58. The van der Waals surface area contributed by atoms with Crippen LogP contribution in [-0.4, -0.2) is 36.0 Å². The molecule has 1 N–H and O–H groups in total. The normalized spacial score (nSPS) is 22.9. The summed E-state index contributed by atoms with van der Waals surface area (Å²) in [5.74, 6) is 0.270. The third-order valence-corrected chi connectivity index (χ3v) is 4.39. The van der Waals surface area contributed by atoms with Gasteiger partial charge in [-0.15, -0.1) is 0 Å². The number of nitrogens with one attached hydrogen (secondary N) is 1. The second-order valence-corrected chi connectivity index (χ2v) is 5.72. The van der Waals surface area contributed by atoms with Crippen LogP contribution in [-0.2, 0) is 11.2 Å². The van der Waals surface area contributed by atoms with Gasteiger partial charge in [-0.1, -0.05) is 38.1 Å². The van der Waals surface area contributed by atoms with E-state index in [1.165, 1.54) is 5.56 Å². The first-order valence-corrected chi connectivity index (χ1v) is 7.73. The van der Waals surface area contributed by atoms with E-state index in [-0.39, 0.29) is 5.91 Å². The molecule has 110 valence electrons. The van der Waals surface area contributed by atoms with Gasteiger partial charge in [0, 0.05) is 25.2 Å². The molecular formula is C17H26N2O. The molecule has 0 bridgehead atoms. The molecule has 3 nitrogen and oxygen atoms in total. The molecule has 1 amide bonds. The van der Waals surface area contributed by atoms with Gasteiger partial charge in [0.1, 0.15) is 0 Å². The number of hydrogen-bond acceptors (Lipinski definition) is 2. The molecule has 3 heteroatoms. The maximum Gasteiger partial charge on any atom is 0.227 e. The van der Waals surface area contributed by atoms with E-state index in [0.717, 1.165) is 31.5 Å². The number of nitrogens with zero attached hydrogens (tertiary/aromatic N) is 1. The van der Waals surface area contributed by atoms with Crippen molar-refractivity contribution in [3.05, 3.63) is 35.4 Å². The van der Waals surface area contributed by atoms with Crippen LogP contribution in [0.1, 0.15) is 37.8 Å². The highest BCUT2D eigenvalue weighted by atomic mass is 16.2. The van der Waals surface area contributed by atoms with Gasteiger partial charge in [-0.25, -0.2) is 0 Å². The average Bonchev–Trinajstić information content (AvgIpc) is 2.48. The van der Waals surface area contributed by atoms with Gasteiger partial charge >= 0.3 is 0 Å². The highest BCUT2D eigenvalue weighted by Gasteiger charge is 2.29. The topological polar surface area (TPSA) is 32.3 Å². The van der Waals surface area contributed by atoms with Crippen LogP contribution in [0.4, 0.5) is 0 Å². The number of aryl methyl sites for hydroxylation is 1. The van der Waals surface area contributed by atoms with Crippen molar-refractivity contribution in [3.63, 3.8) is 0 Å². The zero-order valence-electron chi connectivity index (χ0n) is 12.9. The highest BCUT2D eigenvalue weighted by molar-refractivity contribution is 5.79. The van der Waals surface area contributed by atoms with Crippen molar-refractivity contribution in [2.24, 2.45) is 0 Å². The lowest BCUT2D eigenvalue weighted by molar-refractivity contribution is -0.134. The largest absolute Gasteiger partial charge is 0.337 e. The Morgan fingerprint density at radius 2 is 2.05 bits per heavy atom. The predicted molar refractivity (Wildman–Crippen MR) is 82.8 cm³/mol. The van der Waals surface area contributed by atoms with Crippen LogP contribution in [0.3, 0.4) is 0 Å². The van der Waals surface area contributed by atoms with Crippen molar-refractivity contribution in [1.29, 1.82) is 0 Å². The van der Waals surface area contributed by atoms with E-state index in [2.05, 4.69) is 43.1 Å². The lowest BCUT2D eigenvalue weighted by Gasteiger charge is -2.40. The van der Waals surface area contributed by atoms with Gasteiger partial charge in [0.15, 0.2) is 0 Å². The van der Waals surface area contributed by atoms with Crippen molar-refractivity contribution in [2.75, 3.05) is 13.1 Å². The molecule has 1 saturated heterocycles. The Morgan fingerprint density at radius 1 is 1.30 bits per heavy atom. The van der Waals surface area contributed by atoms with Crippen molar-refractivity contribution in [2.45, 2.75) is 52.1 Å². The molecule has 20 heavy (non-hydrogen) atoms. The van der Waals surface area contributed by atoms with Gasteiger partial charge < -0.3 is 10.2 Å². The summed E-state index contributed by atoms with van der Waals surface area (Å²) >= 11 is 0. The predicted octanol–water partition coefficient (Wildman–Crippen LogP) is 2.53. The van der Waals surface area contributed by atoms with Crippen LogP contribution in [0.15, 0.2) is 24.3 Å². The zero-order chi connectivity index (χ0) is 14.5. The maximum absolute atomic E-state index is 12.6. The molecule has 1 aromatic carbocycles. The van der Waals surface area contributed by atoms with Crippen molar-refractivity contribution in [1.82, 2.24) is 10.2 Å². The molecule has 0 aliphatic carbocycles. The molecule has 0 spiro atoms. The minimum Gasteiger partial charge on any atom is -0.337 e. The maximum atomic E-state index is 12.6. The average molecular weight is 274 g/mol. The van der Waals surface area contributed by atoms with Crippen molar-refractivity contribution >= 4 is 5.91 Å². The third kappa shape index (κ3) is 3.40. The number of piperazine rings is 1. The smallest absolute Gasteiger partial charge is 0.227 e. The number of hydrogen-bond donors (Lipinski definition) is 1. The van der Waals surface area contributed by atoms with E-state index < -0.39 is 0 Å². The first kappa shape index (κ1) is 15.0. The second-order valence-electron chi connectivity index (χ2n) is 5.72. The first-order valence-electron chi connectivity index (χ1n) is 7.73. The summed E-state index contributed by atoms with van der Waals surface area (Å²) < 4.78 is 0. The molecule has 1 aromatic rings. The van der Waals surface area contributed by atoms with Crippen molar-refractivity contribution in [3.8, 4) is 0 Å². The van der Waals surface area contributed by atoms with Gasteiger partial charge in [-0.05, 0) is 30.9 Å². The summed E-state index contributed by atoms with van der Waals surface area (Å²) in [6.07, 6.45) is 2.62. The molecule has 2 atom stereocenters. The summed E-state index contributed by atoms with van der Waals surface area (Å²) in [7, 11) is 0. The molecule has 2 unspecified atom stereocenters. The zero-order valence-corrected chi connectivity index (χ0v) is 12.9. The Balaban J connectivity index is 2.07. The molecule has 0 saturated carbocycles. The minimum atomic E-state index is 0.270. The quantitative estimate of drug-likeness (QED) is 0.915. The van der Waals surface area contributed by atoms with Crippen molar-refractivity contribution < 1.29 is 4.79 Å². The van der Waals surface area contributed by atoms with Gasteiger partial charge in [-0.3, -0.25) is 4.79 Å². The molecular weight excluding hydrogens is 248 g/mol. The fraction of sp³-hybridized carbons (Fsp3) is 0.588. The number of benzene rings is 1. The second kappa shape index (κ2) is 6.89. The Bertz CT molecular complexity index is 458. The molecule has 1 fully saturated rings. The monoisotopic (exact) mass is 274 g/mol. The molecule has 1 aliphatic heterocycles. The van der Waals surface area contributed by atoms with Gasteiger partial charge in [-0.2, -0.15) is 0 Å². The number of rotatable bonds is 4. The van der Waals surface area contributed by atoms with Crippen LogP contribution in [0.5, 0.6) is 0 Å². The van der Waals surface area contributed by atoms with E-state index in [1.807, 2.05) is 12.1 Å². The van der Waals surface area contributed by atoms with Crippen LogP contribution in [0.2, 0.25) is 0 Å². The number of amides is 1. The standard InChI is InChI=1S/C17H26N2O/c1-4-15-12-19(16(5-2)11-18-15)17(20)10-14-9-7-6-8-13(14)3/h6-9,15-16,18H,4-5,10-12H2,1-3H3. The first-order chi connectivity index (χ1) is 9.65. The highest BCUT2D eigenvalue weighted by Crippen LogP contribution is 2.16. The summed E-state index contributed by atoms with van der Waals surface area (Å²) in [4.78, 5) is 14.7. The Labute approximate surface area is 122 Å².